The van der Waals surface area contributed by atoms with Gasteiger partial charge in [0, 0.05) is 60.3 Å². The predicted octanol–water partition coefficient (Wildman–Crippen LogP) is 7.33. The van der Waals surface area contributed by atoms with E-state index >= 15 is 0 Å². The number of nitrogens with zero attached hydrogens (tertiary/aromatic N) is 2. The van der Waals surface area contributed by atoms with Gasteiger partial charge in [0.1, 0.15) is 5.60 Å². The highest BCUT2D eigenvalue weighted by molar-refractivity contribution is 6.03. The first-order valence-electron chi connectivity index (χ1n) is 17.5. The maximum atomic E-state index is 14.5. The number of ether oxygens (including phenoxy) is 4. The smallest absolute Gasteiger partial charge is 0.418 e. The predicted molar refractivity (Wildman–Crippen MR) is 195 cm³/mol. The Morgan fingerprint density at radius 3 is 2.23 bits per heavy atom. The standard InChI is InChI=1S/C38H46F3N5O7/c1-37(2,3)53-36(49)43-21-11-14-46(15-12-21)26-9-8-22(17-24(26)38(39,40)41)42-35(48)44-25-19-28(50-5)33(47)31-23(25)18-27-30-20(10-13-45(27)4)16-29(51-6)34(52-7)32(30)31/h8-9,16-17,19,21,27,47H,10-15,18H2,1-7H3,(H,43,49)(H2,42,44,48)/t27-/m0/s1. The number of methoxy groups -OCH3 is 3. The number of phenolic OH excluding ortho intramolecular Hbond substituents is 1. The summed E-state index contributed by atoms with van der Waals surface area (Å²) < 4.78 is 65.8. The van der Waals surface area contributed by atoms with Crippen molar-refractivity contribution in [3.8, 4) is 34.1 Å². The van der Waals surface area contributed by atoms with Crippen molar-refractivity contribution in [2.45, 2.75) is 70.3 Å². The number of urea groups is 1. The van der Waals surface area contributed by atoms with E-state index in [1.807, 2.05) is 13.1 Å². The van der Waals surface area contributed by atoms with E-state index in [1.54, 1.807) is 32.8 Å². The molecule has 0 aromatic heterocycles. The van der Waals surface area contributed by atoms with Gasteiger partial charge in [0.2, 0.25) is 0 Å². The lowest BCUT2D eigenvalue weighted by molar-refractivity contribution is -0.137. The highest BCUT2D eigenvalue weighted by atomic mass is 19.4. The Labute approximate surface area is 306 Å². The number of fused-ring (bicyclic) bond motifs is 2. The van der Waals surface area contributed by atoms with Gasteiger partial charge >= 0.3 is 18.3 Å². The second-order valence-electron chi connectivity index (χ2n) is 14.6. The Kier molecular flexibility index (Phi) is 10.2. The number of carbonyl (C=O) groups is 2. The van der Waals surface area contributed by atoms with E-state index in [0.29, 0.717) is 53.1 Å². The minimum Gasteiger partial charge on any atom is -0.504 e. The fourth-order valence-electron chi connectivity index (χ4n) is 7.60. The molecule has 0 spiro atoms. The molecule has 3 amide bonds. The van der Waals surface area contributed by atoms with Gasteiger partial charge in [0.15, 0.2) is 23.0 Å². The van der Waals surface area contributed by atoms with Crippen LogP contribution in [0, 0.1) is 0 Å². The zero-order chi connectivity index (χ0) is 38.4. The summed E-state index contributed by atoms with van der Waals surface area (Å²) in [5, 5.41) is 19.7. The van der Waals surface area contributed by atoms with E-state index in [0.717, 1.165) is 30.2 Å². The zero-order valence-corrected chi connectivity index (χ0v) is 30.9. The number of hydrogen-bond donors (Lipinski definition) is 4. The molecule has 0 radical (unpaired) electrons. The maximum absolute atomic E-state index is 14.5. The summed E-state index contributed by atoms with van der Waals surface area (Å²) in [5.74, 6) is 0.880. The average molecular weight is 742 g/mol. The van der Waals surface area contributed by atoms with E-state index in [2.05, 4.69) is 20.9 Å². The van der Waals surface area contributed by atoms with Crippen LogP contribution in [0.1, 0.15) is 61.9 Å². The van der Waals surface area contributed by atoms with Crippen molar-refractivity contribution < 1.29 is 46.8 Å². The van der Waals surface area contributed by atoms with Crippen LogP contribution in [-0.4, -0.2) is 81.8 Å². The molecule has 2 aliphatic heterocycles. The van der Waals surface area contributed by atoms with Crippen molar-refractivity contribution in [2.75, 3.05) is 63.5 Å². The van der Waals surface area contributed by atoms with Gasteiger partial charge in [-0.15, -0.1) is 0 Å². The third-order valence-electron chi connectivity index (χ3n) is 10.00. The molecular formula is C38H46F3N5O7. The van der Waals surface area contributed by atoms with E-state index in [9.17, 15) is 27.9 Å². The molecule has 0 saturated carbocycles. The van der Waals surface area contributed by atoms with Crippen molar-refractivity contribution in [1.82, 2.24) is 10.2 Å². The first-order chi connectivity index (χ1) is 25.0. The molecule has 1 aliphatic carbocycles. The fourth-order valence-corrected chi connectivity index (χ4v) is 7.60. The van der Waals surface area contributed by atoms with Crippen LogP contribution in [0.4, 0.5) is 39.8 Å². The van der Waals surface area contributed by atoms with Crippen LogP contribution in [-0.2, 0) is 23.8 Å². The molecule has 53 heavy (non-hydrogen) atoms. The number of carbonyl (C=O) groups excluding carboxylic acids is 2. The summed E-state index contributed by atoms with van der Waals surface area (Å²) in [4.78, 5) is 29.6. The van der Waals surface area contributed by atoms with Gasteiger partial charge in [-0.1, -0.05) is 0 Å². The molecule has 1 fully saturated rings. The SMILES string of the molecule is COc1cc(NC(=O)Nc2ccc(N3CCC(NC(=O)OC(C)(C)C)CC3)c(C(F)(F)F)c2)c2c(c1O)-c1c(OC)c(OC)cc3c1[C@H](C2)N(C)CC3. The number of phenols is 1. The third kappa shape index (κ3) is 7.57. The van der Waals surface area contributed by atoms with Gasteiger partial charge in [-0.25, -0.2) is 9.59 Å². The number of alkyl carbamates (subject to hydrolysis) is 1. The molecule has 286 valence electrons. The van der Waals surface area contributed by atoms with E-state index in [1.165, 1.54) is 32.4 Å². The number of benzene rings is 3. The van der Waals surface area contributed by atoms with Crippen LogP contribution in [0.25, 0.3) is 11.1 Å². The van der Waals surface area contributed by atoms with Crippen LogP contribution in [0.5, 0.6) is 23.0 Å². The Morgan fingerprint density at radius 1 is 0.906 bits per heavy atom. The molecule has 3 aromatic carbocycles. The lowest BCUT2D eigenvalue weighted by atomic mass is 9.75. The number of hydrogen-bond acceptors (Lipinski definition) is 9. The first-order valence-corrected chi connectivity index (χ1v) is 17.5. The number of halogens is 3. The topological polar surface area (TPSA) is 134 Å². The van der Waals surface area contributed by atoms with Crippen molar-refractivity contribution in [3.63, 3.8) is 0 Å². The summed E-state index contributed by atoms with van der Waals surface area (Å²) in [6.45, 7) is 6.60. The number of anilines is 3. The number of piperidine rings is 1. The average Bonchev–Trinajstić information content (AvgIpc) is 3.09. The quantitative estimate of drug-likeness (QED) is 0.184. The molecule has 12 nitrogen and oxygen atoms in total. The van der Waals surface area contributed by atoms with Gasteiger partial charge < -0.3 is 44.9 Å². The minimum atomic E-state index is -4.71. The number of rotatable bonds is 7. The second-order valence-corrected chi connectivity index (χ2v) is 14.6. The summed E-state index contributed by atoms with van der Waals surface area (Å²) >= 11 is 0. The zero-order valence-electron chi connectivity index (χ0n) is 30.9. The monoisotopic (exact) mass is 741 g/mol. The van der Waals surface area contributed by atoms with E-state index < -0.39 is 29.5 Å². The summed E-state index contributed by atoms with van der Waals surface area (Å²) in [7, 11) is 6.46. The first kappa shape index (κ1) is 37.7. The van der Waals surface area contributed by atoms with Gasteiger partial charge in [-0.2, -0.15) is 13.2 Å². The number of alkyl halides is 3. The van der Waals surface area contributed by atoms with Crippen LogP contribution in [0.15, 0.2) is 30.3 Å². The van der Waals surface area contributed by atoms with E-state index in [-0.39, 0.29) is 48.0 Å². The molecule has 6 rings (SSSR count). The van der Waals surface area contributed by atoms with Crippen LogP contribution < -0.4 is 35.1 Å². The van der Waals surface area contributed by atoms with Gasteiger partial charge in [-0.05, 0) is 94.5 Å². The maximum Gasteiger partial charge on any atom is 0.418 e. The van der Waals surface area contributed by atoms with Crippen LogP contribution in [0.3, 0.4) is 0 Å². The number of aromatic hydroxyl groups is 1. The second kappa shape index (κ2) is 14.4. The van der Waals surface area contributed by atoms with Gasteiger partial charge in [0.25, 0.3) is 0 Å². The molecule has 2 heterocycles. The molecule has 1 saturated heterocycles. The lowest BCUT2D eigenvalue weighted by Gasteiger charge is -2.41. The minimum absolute atomic E-state index is 0.0180. The normalized spacial score (nSPS) is 17.3. The molecule has 4 N–H and O–H groups in total. The Bertz CT molecular complexity index is 1900. The Balaban J connectivity index is 1.26. The molecule has 15 heteroatoms. The fraction of sp³-hybridized carbons (Fsp3) is 0.474. The largest absolute Gasteiger partial charge is 0.504 e. The van der Waals surface area contributed by atoms with Crippen molar-refractivity contribution >= 4 is 29.2 Å². The molecule has 1 atom stereocenters. The van der Waals surface area contributed by atoms with Crippen molar-refractivity contribution in [3.05, 3.63) is 52.6 Å². The molecule has 3 aliphatic rings. The molecule has 0 unspecified atom stereocenters. The van der Waals surface area contributed by atoms with E-state index in [4.69, 9.17) is 18.9 Å². The molecular weight excluding hydrogens is 695 g/mol. The molecule has 3 aromatic rings. The Hall–Kier alpha value is -5.05. The highest BCUT2D eigenvalue weighted by Gasteiger charge is 2.40. The highest BCUT2D eigenvalue weighted by Crippen LogP contribution is 2.57. The van der Waals surface area contributed by atoms with Gasteiger partial charge in [0.05, 0.1) is 32.6 Å². The summed E-state index contributed by atoms with van der Waals surface area (Å²) in [6, 6.07) is 6.01. The Morgan fingerprint density at radius 2 is 1.60 bits per heavy atom. The lowest BCUT2D eigenvalue weighted by Crippen LogP contribution is -2.46. The number of nitrogens with one attached hydrogen (secondary N) is 3. The van der Waals surface area contributed by atoms with Gasteiger partial charge in [-0.3, -0.25) is 4.90 Å². The summed E-state index contributed by atoms with van der Waals surface area (Å²) in [5.41, 5.74) is 2.40. The van der Waals surface area contributed by atoms with Crippen molar-refractivity contribution in [1.29, 1.82) is 0 Å². The number of likely N-dealkylation sites (N-methyl/N-ethyl adjacent to an activating group) is 1. The van der Waals surface area contributed by atoms with Crippen molar-refractivity contribution in [2.24, 2.45) is 0 Å². The number of amides is 3. The summed E-state index contributed by atoms with van der Waals surface area (Å²) in [6.07, 6.45) is -3.23. The molecule has 0 bridgehead atoms. The van der Waals surface area contributed by atoms with Crippen LogP contribution >= 0.6 is 0 Å². The third-order valence-corrected chi connectivity index (χ3v) is 10.00. The van der Waals surface area contributed by atoms with Crippen LogP contribution in [0.2, 0.25) is 0 Å².